The van der Waals surface area contributed by atoms with Crippen LogP contribution in [0.1, 0.15) is 29.0 Å². The largest absolute Gasteiger partial charge is 0.451 e. The van der Waals surface area contributed by atoms with Crippen LogP contribution in [0, 0.1) is 18.8 Å². The van der Waals surface area contributed by atoms with E-state index in [0.717, 1.165) is 54.8 Å². The Morgan fingerprint density at radius 3 is 2.69 bits per heavy atom. The molecule has 0 N–H and O–H groups in total. The van der Waals surface area contributed by atoms with E-state index < -0.39 is 0 Å². The number of carbonyl (C=O) groups excluding carboxylic acids is 1. The van der Waals surface area contributed by atoms with Crippen molar-refractivity contribution < 1.29 is 9.21 Å². The van der Waals surface area contributed by atoms with Gasteiger partial charge in [0, 0.05) is 26.2 Å². The Morgan fingerprint density at radius 2 is 2.04 bits per heavy atom. The Hall–Kier alpha value is -2.42. The molecule has 0 radical (unpaired) electrons. The number of hydrogen-bond donors (Lipinski definition) is 0. The normalized spacial score (nSPS) is 23.4. The minimum absolute atomic E-state index is 0.0212. The van der Waals surface area contributed by atoms with Crippen molar-refractivity contribution in [3.63, 3.8) is 0 Å². The molecule has 1 amide bonds. The van der Waals surface area contributed by atoms with E-state index in [2.05, 4.69) is 20.0 Å². The highest BCUT2D eigenvalue weighted by Crippen LogP contribution is 2.36. The summed E-state index contributed by atoms with van der Waals surface area (Å²) in [5.74, 6) is 1.18. The number of amides is 1. The standard InChI is InChI=1S/C17H20N6O2S/c1-11-6-23-16(19-11)26-17(20-23)22-7-12-2-4-21(5-3-13(12)8-22)15(24)14-9-25-10-18-14/h6,9-10,12-13H,2-5,7-8H2,1H3/t12-,13+. The summed E-state index contributed by atoms with van der Waals surface area (Å²) in [6.07, 6.45) is 6.75. The van der Waals surface area contributed by atoms with E-state index in [4.69, 9.17) is 4.42 Å². The van der Waals surface area contributed by atoms with Gasteiger partial charge in [-0.05, 0) is 31.6 Å². The van der Waals surface area contributed by atoms with E-state index in [-0.39, 0.29) is 5.91 Å². The van der Waals surface area contributed by atoms with E-state index in [0.29, 0.717) is 17.5 Å². The van der Waals surface area contributed by atoms with Gasteiger partial charge in [-0.1, -0.05) is 11.3 Å². The Bertz CT molecular complexity index is 885. The van der Waals surface area contributed by atoms with Gasteiger partial charge < -0.3 is 14.2 Å². The Kier molecular flexibility index (Phi) is 3.70. The zero-order valence-electron chi connectivity index (χ0n) is 14.5. The van der Waals surface area contributed by atoms with E-state index in [9.17, 15) is 4.79 Å². The second-order valence-electron chi connectivity index (χ2n) is 7.16. The van der Waals surface area contributed by atoms with Crippen molar-refractivity contribution in [3.05, 3.63) is 30.2 Å². The molecular formula is C17H20N6O2S. The van der Waals surface area contributed by atoms with Crippen molar-refractivity contribution in [1.29, 1.82) is 0 Å². The Balaban J connectivity index is 1.27. The number of rotatable bonds is 2. The van der Waals surface area contributed by atoms with Crippen molar-refractivity contribution in [3.8, 4) is 0 Å². The summed E-state index contributed by atoms with van der Waals surface area (Å²) in [7, 11) is 0. The van der Waals surface area contributed by atoms with E-state index in [1.165, 1.54) is 12.7 Å². The molecule has 0 saturated carbocycles. The number of likely N-dealkylation sites (tertiary alicyclic amines) is 1. The van der Waals surface area contributed by atoms with Crippen LogP contribution in [0.5, 0.6) is 0 Å². The third-order valence-electron chi connectivity index (χ3n) is 5.48. The number of aryl methyl sites for hydroxylation is 1. The van der Waals surface area contributed by atoms with Crippen molar-refractivity contribution in [2.45, 2.75) is 19.8 Å². The Morgan fingerprint density at radius 1 is 1.27 bits per heavy atom. The molecule has 2 fully saturated rings. The van der Waals surface area contributed by atoms with Crippen LogP contribution < -0.4 is 4.90 Å². The van der Waals surface area contributed by atoms with Crippen molar-refractivity contribution in [1.82, 2.24) is 24.5 Å². The minimum Gasteiger partial charge on any atom is -0.451 e. The number of hydrogen-bond acceptors (Lipinski definition) is 7. The molecule has 3 aromatic rings. The van der Waals surface area contributed by atoms with Crippen LogP contribution in [-0.4, -0.2) is 56.6 Å². The number of carbonyl (C=O) groups is 1. The molecule has 5 heterocycles. The van der Waals surface area contributed by atoms with E-state index >= 15 is 0 Å². The lowest BCUT2D eigenvalue weighted by molar-refractivity contribution is 0.0753. The zero-order chi connectivity index (χ0) is 17.7. The number of nitrogens with zero attached hydrogens (tertiary/aromatic N) is 6. The van der Waals surface area contributed by atoms with Crippen LogP contribution in [0.25, 0.3) is 4.96 Å². The summed E-state index contributed by atoms with van der Waals surface area (Å²) in [5.41, 5.74) is 1.40. The third kappa shape index (κ3) is 2.66. The highest BCUT2D eigenvalue weighted by molar-refractivity contribution is 7.20. The summed E-state index contributed by atoms with van der Waals surface area (Å²) >= 11 is 1.65. The molecule has 2 atom stereocenters. The molecule has 0 bridgehead atoms. The average molecular weight is 372 g/mol. The van der Waals surface area contributed by atoms with Crippen LogP contribution >= 0.6 is 11.3 Å². The number of aromatic nitrogens is 4. The first-order valence-corrected chi connectivity index (χ1v) is 9.74. The lowest BCUT2D eigenvalue weighted by Gasteiger charge is -2.21. The van der Waals surface area contributed by atoms with Gasteiger partial charge in [0.15, 0.2) is 12.1 Å². The predicted molar refractivity (Wildman–Crippen MR) is 96.4 cm³/mol. The minimum atomic E-state index is -0.0212. The van der Waals surface area contributed by atoms with Gasteiger partial charge >= 0.3 is 0 Å². The maximum absolute atomic E-state index is 12.5. The molecule has 26 heavy (non-hydrogen) atoms. The van der Waals surface area contributed by atoms with Crippen molar-refractivity contribution >= 4 is 27.3 Å². The van der Waals surface area contributed by atoms with Crippen LogP contribution in [0.3, 0.4) is 0 Å². The molecule has 2 aliphatic heterocycles. The molecule has 0 aromatic carbocycles. The first kappa shape index (κ1) is 15.8. The van der Waals surface area contributed by atoms with Gasteiger partial charge in [-0.2, -0.15) is 0 Å². The van der Waals surface area contributed by atoms with Crippen LogP contribution in [0.15, 0.2) is 23.3 Å². The van der Waals surface area contributed by atoms with Gasteiger partial charge in [-0.15, -0.1) is 5.10 Å². The molecule has 0 aliphatic carbocycles. The van der Waals surface area contributed by atoms with Gasteiger partial charge in [0.05, 0.1) is 11.9 Å². The Labute approximate surface area is 154 Å². The molecule has 3 aromatic heterocycles. The lowest BCUT2D eigenvalue weighted by Crippen LogP contribution is -2.33. The smallest absolute Gasteiger partial charge is 0.275 e. The number of oxazole rings is 1. The van der Waals surface area contributed by atoms with Gasteiger partial charge in [0.1, 0.15) is 6.26 Å². The fourth-order valence-electron chi connectivity index (χ4n) is 4.11. The summed E-state index contributed by atoms with van der Waals surface area (Å²) in [6, 6.07) is 0. The number of imidazole rings is 1. The number of fused-ring (bicyclic) bond motifs is 2. The molecule has 9 heteroatoms. The molecule has 8 nitrogen and oxygen atoms in total. The molecule has 2 saturated heterocycles. The fourth-order valence-corrected chi connectivity index (χ4v) is 5.06. The van der Waals surface area contributed by atoms with Gasteiger partial charge in [0.25, 0.3) is 5.91 Å². The summed E-state index contributed by atoms with van der Waals surface area (Å²) < 4.78 is 6.82. The van der Waals surface area contributed by atoms with Crippen LogP contribution in [0.4, 0.5) is 5.13 Å². The van der Waals surface area contributed by atoms with Crippen molar-refractivity contribution in [2.24, 2.45) is 11.8 Å². The van der Waals surface area contributed by atoms with Crippen LogP contribution in [0.2, 0.25) is 0 Å². The maximum atomic E-state index is 12.5. The maximum Gasteiger partial charge on any atom is 0.275 e. The molecule has 136 valence electrons. The van der Waals surface area contributed by atoms with Crippen molar-refractivity contribution in [2.75, 3.05) is 31.1 Å². The highest BCUT2D eigenvalue weighted by atomic mass is 32.1. The van der Waals surface area contributed by atoms with Gasteiger partial charge in [0.2, 0.25) is 10.1 Å². The quantitative estimate of drug-likeness (QED) is 0.685. The second-order valence-corrected chi connectivity index (χ2v) is 8.10. The molecule has 0 spiro atoms. The number of anilines is 1. The zero-order valence-corrected chi connectivity index (χ0v) is 15.4. The SMILES string of the molecule is Cc1cn2nc(N3C[C@H]4CCN(C(=O)c5cocn5)CC[C@H]4C3)sc2n1. The topological polar surface area (TPSA) is 79.8 Å². The molecular weight excluding hydrogens is 352 g/mol. The second kappa shape index (κ2) is 6.08. The summed E-state index contributed by atoms with van der Waals surface area (Å²) in [4.78, 5) is 26.2. The molecule has 0 unspecified atom stereocenters. The fraction of sp³-hybridized carbons (Fsp3) is 0.529. The van der Waals surface area contributed by atoms with Crippen LogP contribution in [-0.2, 0) is 0 Å². The molecule has 2 aliphatic rings. The van der Waals surface area contributed by atoms with Gasteiger partial charge in [-0.25, -0.2) is 14.5 Å². The monoisotopic (exact) mass is 372 g/mol. The predicted octanol–water partition coefficient (Wildman–Crippen LogP) is 2.08. The summed E-state index contributed by atoms with van der Waals surface area (Å²) in [5, 5.41) is 5.74. The van der Waals surface area contributed by atoms with E-state index in [1.807, 2.05) is 22.5 Å². The third-order valence-corrected chi connectivity index (χ3v) is 6.46. The average Bonchev–Trinajstić information content (AvgIpc) is 3.36. The lowest BCUT2D eigenvalue weighted by atomic mass is 9.92. The first-order valence-electron chi connectivity index (χ1n) is 8.92. The van der Waals surface area contributed by atoms with Gasteiger partial charge in [-0.3, -0.25) is 4.79 Å². The first-order chi connectivity index (χ1) is 12.7. The summed E-state index contributed by atoms with van der Waals surface area (Å²) in [6.45, 7) is 5.56. The molecule has 5 rings (SSSR count). The van der Waals surface area contributed by atoms with E-state index in [1.54, 1.807) is 11.3 Å². The highest BCUT2D eigenvalue weighted by Gasteiger charge is 2.37.